The number of thioether (sulfide) groups is 1. The van der Waals surface area contributed by atoms with Gasteiger partial charge in [-0.05, 0) is 43.5 Å². The molecule has 0 fully saturated rings. The van der Waals surface area contributed by atoms with E-state index in [0.29, 0.717) is 12.3 Å². The van der Waals surface area contributed by atoms with E-state index in [1.165, 1.54) is 29.5 Å². The first-order chi connectivity index (χ1) is 13.7. The molecule has 28 heavy (non-hydrogen) atoms. The maximum Gasteiger partial charge on any atom is 0.230 e. The highest BCUT2D eigenvalue weighted by atomic mass is 32.2. The van der Waals surface area contributed by atoms with Crippen LogP contribution in [0, 0.1) is 5.82 Å². The highest BCUT2D eigenvalue weighted by Gasteiger charge is 2.05. The first-order valence-electron chi connectivity index (χ1n) is 9.35. The molecule has 3 nitrogen and oxygen atoms in total. The van der Waals surface area contributed by atoms with Gasteiger partial charge >= 0.3 is 0 Å². The van der Waals surface area contributed by atoms with E-state index < -0.39 is 0 Å². The second kappa shape index (κ2) is 11.0. The van der Waals surface area contributed by atoms with Crippen molar-refractivity contribution >= 4 is 29.0 Å². The quantitative estimate of drug-likeness (QED) is 0.348. The molecule has 146 valence electrons. The fourth-order valence-corrected chi connectivity index (χ4v) is 4.29. The standard InChI is InChI=1S/C22H23FN2OS2/c23-18-10-12-20(13-11-18)27-16-21(26)24-14-6-2-5-9-19-15-28-22(25-19)17-7-3-1-4-8-17/h1,3-4,7-8,10-13,15H,2,5-6,9,14,16H2,(H,24,26). The molecule has 0 aliphatic rings. The molecular weight excluding hydrogens is 391 g/mol. The third-order valence-electron chi connectivity index (χ3n) is 4.19. The predicted molar refractivity (Wildman–Crippen MR) is 115 cm³/mol. The van der Waals surface area contributed by atoms with Crippen LogP contribution in [0.1, 0.15) is 25.0 Å². The SMILES string of the molecule is O=C(CSc1ccc(F)cc1)NCCCCCc1csc(-c2ccccc2)n1. The number of unbranched alkanes of at least 4 members (excludes halogenated alkanes) is 2. The van der Waals surface area contributed by atoms with Crippen molar-refractivity contribution < 1.29 is 9.18 Å². The van der Waals surface area contributed by atoms with E-state index in [2.05, 4.69) is 22.8 Å². The van der Waals surface area contributed by atoms with Crippen LogP contribution in [-0.4, -0.2) is 23.2 Å². The Kier molecular flexibility index (Phi) is 8.06. The summed E-state index contributed by atoms with van der Waals surface area (Å²) < 4.78 is 12.8. The number of aryl methyl sites for hydroxylation is 1. The maximum atomic E-state index is 12.8. The number of rotatable bonds is 10. The molecule has 2 aromatic carbocycles. The Morgan fingerprint density at radius 3 is 2.61 bits per heavy atom. The summed E-state index contributed by atoms with van der Waals surface area (Å²) in [6.45, 7) is 0.690. The van der Waals surface area contributed by atoms with Crippen molar-refractivity contribution in [1.29, 1.82) is 0 Å². The van der Waals surface area contributed by atoms with Crippen LogP contribution >= 0.6 is 23.1 Å². The van der Waals surface area contributed by atoms with Gasteiger partial charge in [0.2, 0.25) is 5.91 Å². The molecule has 0 radical (unpaired) electrons. The van der Waals surface area contributed by atoms with Gasteiger partial charge in [-0.25, -0.2) is 9.37 Å². The molecule has 0 saturated carbocycles. The monoisotopic (exact) mass is 414 g/mol. The lowest BCUT2D eigenvalue weighted by Crippen LogP contribution is -2.26. The summed E-state index contributed by atoms with van der Waals surface area (Å²) in [6.07, 6.45) is 4.06. The minimum Gasteiger partial charge on any atom is -0.355 e. The average molecular weight is 415 g/mol. The molecule has 6 heteroatoms. The van der Waals surface area contributed by atoms with E-state index in [9.17, 15) is 9.18 Å². The Hall–Kier alpha value is -2.18. The van der Waals surface area contributed by atoms with E-state index in [1.807, 2.05) is 18.2 Å². The molecule has 1 aromatic heterocycles. The van der Waals surface area contributed by atoms with Crippen molar-refractivity contribution in [2.24, 2.45) is 0 Å². The van der Waals surface area contributed by atoms with Crippen LogP contribution in [0.2, 0.25) is 0 Å². The van der Waals surface area contributed by atoms with Crippen LogP contribution < -0.4 is 5.32 Å². The molecule has 0 saturated heterocycles. The van der Waals surface area contributed by atoms with Gasteiger partial charge in [0.05, 0.1) is 11.4 Å². The zero-order valence-electron chi connectivity index (χ0n) is 15.6. The van der Waals surface area contributed by atoms with Gasteiger partial charge in [-0.1, -0.05) is 36.8 Å². The number of hydrogen-bond acceptors (Lipinski definition) is 4. The summed E-state index contributed by atoms with van der Waals surface area (Å²) in [7, 11) is 0. The van der Waals surface area contributed by atoms with Crippen molar-refractivity contribution in [2.75, 3.05) is 12.3 Å². The Labute approximate surface area is 173 Å². The Morgan fingerprint density at radius 2 is 1.82 bits per heavy atom. The van der Waals surface area contributed by atoms with Crippen LogP contribution in [0.5, 0.6) is 0 Å². The van der Waals surface area contributed by atoms with Crippen LogP contribution in [0.25, 0.3) is 10.6 Å². The van der Waals surface area contributed by atoms with Crippen molar-refractivity contribution in [3.05, 3.63) is 71.5 Å². The lowest BCUT2D eigenvalue weighted by atomic mass is 10.1. The van der Waals surface area contributed by atoms with E-state index in [4.69, 9.17) is 4.98 Å². The van der Waals surface area contributed by atoms with Crippen LogP contribution in [-0.2, 0) is 11.2 Å². The number of benzene rings is 2. The largest absolute Gasteiger partial charge is 0.355 e. The first kappa shape index (κ1) is 20.6. The molecular formula is C22H23FN2OS2. The van der Waals surface area contributed by atoms with Crippen molar-refractivity contribution in [3.63, 3.8) is 0 Å². The highest BCUT2D eigenvalue weighted by molar-refractivity contribution is 8.00. The Balaban J connectivity index is 1.26. The topological polar surface area (TPSA) is 42.0 Å². The van der Waals surface area contributed by atoms with Crippen LogP contribution in [0.4, 0.5) is 4.39 Å². The third-order valence-corrected chi connectivity index (χ3v) is 6.14. The summed E-state index contributed by atoms with van der Waals surface area (Å²) in [5.74, 6) is 0.108. The number of carbonyl (C=O) groups is 1. The van der Waals surface area contributed by atoms with Gasteiger partial charge in [-0.2, -0.15) is 0 Å². The molecule has 0 bridgehead atoms. The molecule has 3 rings (SSSR count). The Morgan fingerprint density at radius 1 is 1.04 bits per heavy atom. The number of amides is 1. The van der Waals surface area contributed by atoms with Gasteiger partial charge < -0.3 is 5.32 Å². The van der Waals surface area contributed by atoms with Gasteiger partial charge in [0, 0.05) is 22.4 Å². The summed E-state index contributed by atoms with van der Waals surface area (Å²) >= 11 is 3.11. The fourth-order valence-electron chi connectivity index (χ4n) is 2.70. The molecule has 0 atom stereocenters. The molecule has 0 aliphatic carbocycles. The number of aromatic nitrogens is 1. The zero-order chi connectivity index (χ0) is 19.6. The first-order valence-corrected chi connectivity index (χ1v) is 11.2. The third kappa shape index (κ3) is 6.77. The maximum absolute atomic E-state index is 12.8. The molecule has 0 aliphatic heterocycles. The van der Waals surface area contributed by atoms with Gasteiger partial charge in [0.1, 0.15) is 10.8 Å². The number of hydrogen-bond donors (Lipinski definition) is 1. The van der Waals surface area contributed by atoms with Crippen LogP contribution in [0.15, 0.2) is 64.9 Å². The Bertz CT molecular complexity index is 866. The lowest BCUT2D eigenvalue weighted by Gasteiger charge is -2.05. The molecule has 1 N–H and O–H groups in total. The number of carbonyl (C=O) groups excluding carboxylic acids is 1. The molecule has 1 heterocycles. The normalized spacial score (nSPS) is 10.8. The summed E-state index contributed by atoms with van der Waals surface area (Å²) in [4.78, 5) is 17.5. The molecule has 0 unspecified atom stereocenters. The summed E-state index contributed by atoms with van der Waals surface area (Å²) in [5, 5.41) is 6.15. The number of nitrogens with zero attached hydrogens (tertiary/aromatic N) is 1. The van der Waals surface area contributed by atoms with Crippen molar-refractivity contribution in [3.8, 4) is 10.6 Å². The number of halogens is 1. The second-order valence-corrected chi connectivity index (χ2v) is 8.32. The molecule has 3 aromatic rings. The number of thiazole rings is 1. The van der Waals surface area contributed by atoms with E-state index in [1.54, 1.807) is 23.5 Å². The lowest BCUT2D eigenvalue weighted by molar-refractivity contribution is -0.118. The van der Waals surface area contributed by atoms with E-state index >= 15 is 0 Å². The van der Waals surface area contributed by atoms with Gasteiger partial charge in [-0.15, -0.1) is 23.1 Å². The minimum absolute atomic E-state index is 0.0151. The van der Waals surface area contributed by atoms with Crippen LogP contribution in [0.3, 0.4) is 0 Å². The minimum atomic E-state index is -0.261. The molecule has 1 amide bonds. The predicted octanol–water partition coefficient (Wildman–Crippen LogP) is 5.57. The van der Waals surface area contributed by atoms with E-state index in [-0.39, 0.29) is 11.7 Å². The number of nitrogens with one attached hydrogen (secondary N) is 1. The summed E-state index contributed by atoms with van der Waals surface area (Å²) in [5.41, 5.74) is 2.31. The molecule has 0 spiro atoms. The second-order valence-electron chi connectivity index (χ2n) is 6.41. The van der Waals surface area contributed by atoms with Crippen molar-refractivity contribution in [1.82, 2.24) is 10.3 Å². The van der Waals surface area contributed by atoms with Crippen molar-refractivity contribution in [2.45, 2.75) is 30.6 Å². The highest BCUT2D eigenvalue weighted by Crippen LogP contribution is 2.24. The van der Waals surface area contributed by atoms with Gasteiger partial charge in [0.25, 0.3) is 0 Å². The van der Waals surface area contributed by atoms with Gasteiger partial charge in [-0.3, -0.25) is 4.79 Å². The zero-order valence-corrected chi connectivity index (χ0v) is 17.2. The van der Waals surface area contributed by atoms with Gasteiger partial charge in [0.15, 0.2) is 0 Å². The van der Waals surface area contributed by atoms with E-state index in [0.717, 1.165) is 41.3 Å². The average Bonchev–Trinajstić information content (AvgIpc) is 3.20. The smallest absolute Gasteiger partial charge is 0.230 e. The fraction of sp³-hybridized carbons (Fsp3) is 0.273. The summed E-state index contributed by atoms with van der Waals surface area (Å²) in [6, 6.07) is 16.4.